The molecule has 35 heavy (non-hydrogen) atoms. The van der Waals surface area contributed by atoms with Crippen molar-refractivity contribution in [2.75, 3.05) is 7.11 Å². The summed E-state index contributed by atoms with van der Waals surface area (Å²) in [7, 11) is 1.31. The maximum atomic E-state index is 12.6. The van der Waals surface area contributed by atoms with Gasteiger partial charge in [-0.2, -0.15) is 10.4 Å². The number of nitrogens with zero attached hydrogens (tertiary/aromatic N) is 4. The van der Waals surface area contributed by atoms with E-state index in [9.17, 15) is 25.0 Å². The van der Waals surface area contributed by atoms with Crippen LogP contribution >= 0.6 is 0 Å². The Hall–Kier alpha value is -5.24. The number of nitro benzene ring substituents is 1. The van der Waals surface area contributed by atoms with Gasteiger partial charge in [-0.05, 0) is 24.3 Å². The quantitative estimate of drug-likeness (QED) is 0.247. The second-order valence-corrected chi connectivity index (χ2v) is 7.22. The van der Waals surface area contributed by atoms with E-state index in [0.717, 1.165) is 6.21 Å². The van der Waals surface area contributed by atoms with Crippen molar-refractivity contribution in [2.45, 2.75) is 6.61 Å². The highest BCUT2D eigenvalue weighted by molar-refractivity contribution is 5.83. The van der Waals surface area contributed by atoms with Crippen LogP contribution in [0.4, 0.5) is 5.69 Å². The minimum atomic E-state index is -0.762. The number of rotatable bonds is 7. The predicted octanol–water partition coefficient (Wildman–Crippen LogP) is 2.94. The third-order valence-corrected chi connectivity index (χ3v) is 5.09. The number of hydrogen-bond acceptors (Lipinski definition) is 8. The molecule has 0 atom stereocenters. The van der Waals surface area contributed by atoms with Crippen LogP contribution in [-0.4, -0.2) is 27.9 Å². The minimum Gasteiger partial charge on any atom is -0.493 e. The van der Waals surface area contributed by atoms with Crippen molar-refractivity contribution in [1.82, 2.24) is 9.66 Å². The number of para-hydroxylation sites is 1. The Balaban J connectivity index is 1.72. The number of nitrogens with one attached hydrogen (secondary N) is 1. The topological polar surface area (TPSA) is 153 Å². The minimum absolute atomic E-state index is 0.0369. The molecular formula is C24H17N5O6. The average molecular weight is 471 g/mol. The van der Waals surface area contributed by atoms with Crippen LogP contribution in [0.15, 0.2) is 75.4 Å². The molecule has 11 nitrogen and oxygen atoms in total. The molecule has 0 aliphatic carbocycles. The number of aromatic nitrogens is 2. The van der Waals surface area contributed by atoms with Gasteiger partial charge in [-0.3, -0.25) is 14.9 Å². The Morgan fingerprint density at radius 1 is 1.17 bits per heavy atom. The Kier molecular flexibility index (Phi) is 6.37. The first-order valence-corrected chi connectivity index (χ1v) is 10.2. The molecule has 0 unspecified atom stereocenters. The molecule has 0 fully saturated rings. The highest BCUT2D eigenvalue weighted by atomic mass is 16.6. The molecule has 1 N–H and O–H groups in total. The summed E-state index contributed by atoms with van der Waals surface area (Å²) in [6.45, 7) is -0.101. The number of benzene rings is 3. The lowest BCUT2D eigenvalue weighted by Crippen LogP contribution is -2.32. The predicted molar refractivity (Wildman–Crippen MR) is 127 cm³/mol. The van der Waals surface area contributed by atoms with Gasteiger partial charge < -0.3 is 14.5 Å². The van der Waals surface area contributed by atoms with Crippen molar-refractivity contribution < 1.29 is 14.4 Å². The zero-order chi connectivity index (χ0) is 24.9. The first kappa shape index (κ1) is 22.9. The normalized spacial score (nSPS) is 10.9. The molecule has 4 aromatic rings. The van der Waals surface area contributed by atoms with Crippen LogP contribution in [0.25, 0.3) is 10.9 Å². The number of ether oxygens (including phenoxy) is 2. The van der Waals surface area contributed by atoms with Crippen molar-refractivity contribution in [3.8, 4) is 17.6 Å². The smallest absolute Gasteiger partial charge is 0.349 e. The van der Waals surface area contributed by atoms with E-state index < -0.39 is 21.9 Å². The summed E-state index contributed by atoms with van der Waals surface area (Å²) in [5, 5.41) is 25.2. The van der Waals surface area contributed by atoms with E-state index in [4.69, 9.17) is 9.47 Å². The second-order valence-electron chi connectivity index (χ2n) is 7.22. The number of hydrogen-bond donors (Lipinski definition) is 1. The van der Waals surface area contributed by atoms with Gasteiger partial charge in [-0.15, -0.1) is 4.68 Å². The molecule has 3 aromatic carbocycles. The fraction of sp³-hybridized carbons (Fsp3) is 0.0833. The number of methoxy groups -OCH3 is 1. The van der Waals surface area contributed by atoms with Crippen LogP contribution in [0.5, 0.6) is 11.5 Å². The zero-order valence-electron chi connectivity index (χ0n) is 18.3. The van der Waals surface area contributed by atoms with Gasteiger partial charge in [0.15, 0.2) is 5.75 Å². The van der Waals surface area contributed by atoms with E-state index in [1.165, 1.54) is 19.2 Å². The third-order valence-electron chi connectivity index (χ3n) is 5.09. The summed E-state index contributed by atoms with van der Waals surface area (Å²) in [6.07, 6.45) is 1.13. The molecule has 1 aromatic heterocycles. The second kappa shape index (κ2) is 9.72. The number of nitriles is 1. The molecule has 0 amide bonds. The van der Waals surface area contributed by atoms with Gasteiger partial charge >= 0.3 is 11.4 Å². The van der Waals surface area contributed by atoms with E-state index in [-0.39, 0.29) is 29.1 Å². The van der Waals surface area contributed by atoms with Gasteiger partial charge in [-0.1, -0.05) is 30.3 Å². The van der Waals surface area contributed by atoms with Crippen LogP contribution in [-0.2, 0) is 6.61 Å². The van der Waals surface area contributed by atoms with Crippen LogP contribution in [0.2, 0.25) is 0 Å². The van der Waals surface area contributed by atoms with Crippen molar-refractivity contribution in [1.29, 1.82) is 5.26 Å². The molecular weight excluding hydrogens is 454 g/mol. The lowest BCUT2D eigenvalue weighted by Gasteiger charge is -2.12. The summed E-state index contributed by atoms with van der Waals surface area (Å²) in [5.74, 6) is -0.0991. The van der Waals surface area contributed by atoms with Gasteiger partial charge in [-0.25, -0.2) is 4.79 Å². The van der Waals surface area contributed by atoms with E-state index in [2.05, 4.69) is 10.1 Å². The van der Waals surface area contributed by atoms with Gasteiger partial charge in [0.05, 0.1) is 40.8 Å². The van der Waals surface area contributed by atoms with Gasteiger partial charge in [0, 0.05) is 17.2 Å². The molecule has 0 spiro atoms. The van der Waals surface area contributed by atoms with Crippen LogP contribution in [0.3, 0.4) is 0 Å². The fourth-order valence-corrected chi connectivity index (χ4v) is 3.40. The van der Waals surface area contributed by atoms with Crippen molar-refractivity contribution in [2.24, 2.45) is 5.10 Å². The average Bonchev–Trinajstić information content (AvgIpc) is 2.87. The zero-order valence-corrected chi connectivity index (χ0v) is 18.3. The maximum Gasteiger partial charge on any atom is 0.349 e. The standard InChI is InChI=1S/C24H17N5O6/c1-34-21-11-15(13-26-28-23(30)18-8-4-5-9-19(18)27-24(28)31)10-20(29(32)33)22(21)35-14-17-7-3-2-6-16(17)12-25/h2-11,13H,14H2,1H3,(H,27,31). The molecule has 174 valence electrons. The van der Waals surface area contributed by atoms with Crippen LogP contribution in [0.1, 0.15) is 16.7 Å². The van der Waals surface area contributed by atoms with Gasteiger partial charge in [0.25, 0.3) is 5.56 Å². The number of aromatic amines is 1. The Morgan fingerprint density at radius 2 is 1.91 bits per heavy atom. The highest BCUT2D eigenvalue weighted by Crippen LogP contribution is 2.38. The monoisotopic (exact) mass is 471 g/mol. The summed E-state index contributed by atoms with van der Waals surface area (Å²) in [6, 6.07) is 17.8. The first-order valence-electron chi connectivity index (χ1n) is 10.2. The van der Waals surface area contributed by atoms with Crippen LogP contribution in [0, 0.1) is 21.4 Å². The molecule has 0 saturated heterocycles. The molecule has 4 rings (SSSR count). The number of H-pyrrole nitrogens is 1. The van der Waals surface area contributed by atoms with Crippen molar-refractivity contribution in [3.05, 3.63) is 108 Å². The Labute approximate surface area is 197 Å². The van der Waals surface area contributed by atoms with Crippen LogP contribution < -0.4 is 20.7 Å². The number of fused-ring (bicyclic) bond motifs is 1. The van der Waals surface area contributed by atoms with E-state index in [1.807, 2.05) is 6.07 Å². The largest absolute Gasteiger partial charge is 0.493 e. The Morgan fingerprint density at radius 3 is 2.66 bits per heavy atom. The van der Waals surface area contributed by atoms with E-state index >= 15 is 0 Å². The summed E-state index contributed by atoms with van der Waals surface area (Å²) >= 11 is 0. The van der Waals surface area contributed by atoms with E-state index in [0.29, 0.717) is 21.3 Å². The number of nitro groups is 1. The summed E-state index contributed by atoms with van der Waals surface area (Å²) in [5.41, 5.74) is -0.333. The fourth-order valence-electron chi connectivity index (χ4n) is 3.40. The molecule has 0 aliphatic rings. The molecule has 11 heteroatoms. The van der Waals surface area contributed by atoms with Crippen molar-refractivity contribution in [3.63, 3.8) is 0 Å². The maximum absolute atomic E-state index is 12.6. The molecule has 0 saturated carbocycles. The lowest BCUT2D eigenvalue weighted by molar-refractivity contribution is -0.386. The molecule has 0 aliphatic heterocycles. The highest BCUT2D eigenvalue weighted by Gasteiger charge is 2.22. The van der Waals surface area contributed by atoms with Gasteiger partial charge in [0.1, 0.15) is 6.61 Å². The lowest BCUT2D eigenvalue weighted by atomic mass is 10.1. The summed E-state index contributed by atoms with van der Waals surface area (Å²) < 4.78 is 11.6. The van der Waals surface area contributed by atoms with Gasteiger partial charge in [0.2, 0.25) is 5.75 Å². The van der Waals surface area contributed by atoms with Crippen molar-refractivity contribution >= 4 is 22.8 Å². The SMILES string of the molecule is COc1cc(C=Nn2c(=O)[nH]c3ccccc3c2=O)cc([N+](=O)[O-])c1OCc1ccccc1C#N. The first-order chi connectivity index (χ1) is 16.9. The molecule has 0 radical (unpaired) electrons. The molecule has 0 bridgehead atoms. The van der Waals surface area contributed by atoms with E-state index in [1.54, 1.807) is 48.5 Å². The third kappa shape index (κ3) is 4.62. The Bertz CT molecular complexity index is 1630. The molecule has 1 heterocycles. The summed E-state index contributed by atoms with van der Waals surface area (Å²) in [4.78, 5) is 38.6.